The molecule has 1 heterocycles. The second kappa shape index (κ2) is 4.67. The summed E-state index contributed by atoms with van der Waals surface area (Å²) in [5, 5.41) is 0.985. The lowest BCUT2D eigenvalue weighted by atomic mass is 9.81. The van der Waals surface area contributed by atoms with Crippen molar-refractivity contribution in [1.82, 2.24) is 4.31 Å². The fraction of sp³-hybridized carbons (Fsp3) is 1.00. The van der Waals surface area contributed by atoms with Crippen molar-refractivity contribution < 1.29 is 0 Å². The van der Waals surface area contributed by atoms with Gasteiger partial charge in [0.25, 0.3) is 0 Å². The van der Waals surface area contributed by atoms with Gasteiger partial charge in [-0.1, -0.05) is 32.7 Å². The zero-order valence-electron chi connectivity index (χ0n) is 10.5. The van der Waals surface area contributed by atoms with Crippen LogP contribution in [0, 0.1) is 11.3 Å². The summed E-state index contributed by atoms with van der Waals surface area (Å²) >= 11 is 2.15. The first-order valence-corrected chi connectivity index (χ1v) is 7.28. The van der Waals surface area contributed by atoms with Crippen LogP contribution in [-0.4, -0.2) is 22.6 Å². The van der Waals surface area contributed by atoms with E-state index in [2.05, 4.69) is 37.0 Å². The first-order chi connectivity index (χ1) is 7.03. The summed E-state index contributed by atoms with van der Waals surface area (Å²) in [6.07, 6.45) is 7.20. The molecule has 2 rings (SSSR count). The van der Waals surface area contributed by atoms with Crippen LogP contribution in [0.3, 0.4) is 0 Å². The second-order valence-electron chi connectivity index (χ2n) is 6.47. The van der Waals surface area contributed by atoms with Crippen molar-refractivity contribution in [2.24, 2.45) is 11.3 Å². The van der Waals surface area contributed by atoms with Gasteiger partial charge in [-0.05, 0) is 43.4 Å². The van der Waals surface area contributed by atoms with Gasteiger partial charge in [-0.2, -0.15) is 0 Å². The van der Waals surface area contributed by atoms with Crippen LogP contribution in [0.15, 0.2) is 0 Å². The van der Waals surface area contributed by atoms with Crippen molar-refractivity contribution in [1.29, 1.82) is 0 Å². The molecule has 0 amide bonds. The number of hydrogen-bond acceptors (Lipinski definition) is 2. The highest BCUT2D eigenvalue weighted by molar-refractivity contribution is 7.97. The molecule has 2 aliphatic rings. The Morgan fingerprint density at radius 1 is 1.20 bits per heavy atom. The highest BCUT2D eigenvalue weighted by Crippen LogP contribution is 2.39. The highest BCUT2D eigenvalue weighted by Gasteiger charge is 2.29. The maximum Gasteiger partial charge on any atom is 0.0196 e. The fourth-order valence-electron chi connectivity index (χ4n) is 2.54. The van der Waals surface area contributed by atoms with Gasteiger partial charge in [-0.25, -0.2) is 0 Å². The summed E-state index contributed by atoms with van der Waals surface area (Å²) in [6, 6.07) is 0. The second-order valence-corrected chi connectivity index (χ2v) is 7.86. The zero-order chi connectivity index (χ0) is 10.9. The smallest absolute Gasteiger partial charge is 0.0196 e. The third kappa shape index (κ3) is 4.36. The Kier molecular flexibility index (Phi) is 3.67. The Labute approximate surface area is 99.1 Å². The van der Waals surface area contributed by atoms with Crippen LogP contribution in [0.1, 0.15) is 52.9 Å². The predicted molar refractivity (Wildman–Crippen MR) is 69.0 cm³/mol. The van der Waals surface area contributed by atoms with Gasteiger partial charge in [0.2, 0.25) is 0 Å². The molecule has 1 saturated carbocycles. The molecule has 0 aromatic rings. The molecule has 1 nitrogen and oxygen atoms in total. The van der Waals surface area contributed by atoms with E-state index in [1.54, 1.807) is 0 Å². The molecular weight excluding hydrogens is 202 g/mol. The molecule has 0 spiro atoms. The van der Waals surface area contributed by atoms with Crippen LogP contribution >= 0.6 is 11.9 Å². The summed E-state index contributed by atoms with van der Waals surface area (Å²) in [4.78, 5) is 0. The van der Waals surface area contributed by atoms with E-state index in [1.165, 1.54) is 45.2 Å². The van der Waals surface area contributed by atoms with Gasteiger partial charge in [0, 0.05) is 18.3 Å². The van der Waals surface area contributed by atoms with Crippen LogP contribution in [0.2, 0.25) is 0 Å². The molecule has 1 saturated heterocycles. The van der Waals surface area contributed by atoms with E-state index in [1.807, 2.05) is 0 Å². The first-order valence-electron chi connectivity index (χ1n) is 6.45. The number of nitrogens with zero attached hydrogens (tertiary/aromatic N) is 1. The monoisotopic (exact) mass is 227 g/mol. The van der Waals surface area contributed by atoms with Crippen LogP contribution < -0.4 is 0 Å². The molecule has 0 radical (unpaired) electrons. The highest BCUT2D eigenvalue weighted by atomic mass is 32.2. The SMILES string of the molecule is CC(C)(C)CC1CCCN(SC2CC2)C1. The Morgan fingerprint density at radius 3 is 2.53 bits per heavy atom. The van der Waals surface area contributed by atoms with Gasteiger partial charge < -0.3 is 0 Å². The van der Waals surface area contributed by atoms with Crippen LogP contribution in [0.5, 0.6) is 0 Å². The van der Waals surface area contributed by atoms with Gasteiger partial charge in [-0.3, -0.25) is 4.31 Å². The summed E-state index contributed by atoms with van der Waals surface area (Å²) in [5.74, 6) is 0.949. The molecule has 0 aromatic carbocycles. The van der Waals surface area contributed by atoms with Crippen molar-refractivity contribution in [3.05, 3.63) is 0 Å². The minimum atomic E-state index is 0.512. The number of rotatable bonds is 3. The van der Waals surface area contributed by atoms with E-state index in [9.17, 15) is 0 Å². The standard InChI is InChI=1S/C13H25NS/c1-13(2,3)9-11-5-4-8-14(10-11)15-12-6-7-12/h11-12H,4-10H2,1-3H3. The minimum absolute atomic E-state index is 0.512. The molecule has 88 valence electrons. The average Bonchev–Trinajstić information content (AvgIpc) is 2.85. The largest absolute Gasteiger partial charge is 0.250 e. The third-order valence-corrected chi connectivity index (χ3v) is 4.60. The molecule has 0 N–H and O–H groups in total. The summed E-state index contributed by atoms with van der Waals surface area (Å²) < 4.78 is 2.65. The molecule has 1 unspecified atom stereocenters. The van der Waals surface area contributed by atoms with Gasteiger partial charge >= 0.3 is 0 Å². The van der Waals surface area contributed by atoms with Gasteiger partial charge in [0.1, 0.15) is 0 Å². The summed E-state index contributed by atoms with van der Waals surface area (Å²) in [7, 11) is 0. The molecule has 1 atom stereocenters. The lowest BCUT2D eigenvalue weighted by molar-refractivity contribution is 0.209. The molecule has 2 heteroatoms. The number of piperidine rings is 1. The van der Waals surface area contributed by atoms with E-state index in [-0.39, 0.29) is 0 Å². The van der Waals surface area contributed by atoms with E-state index in [0.717, 1.165) is 11.2 Å². The topological polar surface area (TPSA) is 3.24 Å². The fourth-order valence-corrected chi connectivity index (χ4v) is 3.84. The molecular formula is C13H25NS. The van der Waals surface area contributed by atoms with Crippen molar-refractivity contribution in [3.63, 3.8) is 0 Å². The van der Waals surface area contributed by atoms with E-state index >= 15 is 0 Å². The van der Waals surface area contributed by atoms with Gasteiger partial charge in [0.15, 0.2) is 0 Å². The van der Waals surface area contributed by atoms with Crippen molar-refractivity contribution in [3.8, 4) is 0 Å². The predicted octanol–water partition coefficient (Wildman–Crippen LogP) is 3.95. The molecule has 2 fully saturated rings. The molecule has 0 bridgehead atoms. The minimum Gasteiger partial charge on any atom is -0.250 e. The zero-order valence-corrected chi connectivity index (χ0v) is 11.3. The van der Waals surface area contributed by atoms with Gasteiger partial charge in [-0.15, -0.1) is 0 Å². The maximum absolute atomic E-state index is 2.65. The Hall–Kier alpha value is 0.310. The lowest BCUT2D eigenvalue weighted by Gasteiger charge is -2.35. The molecule has 0 aromatic heterocycles. The van der Waals surface area contributed by atoms with Crippen molar-refractivity contribution in [2.75, 3.05) is 13.1 Å². The third-order valence-electron chi connectivity index (χ3n) is 3.21. The normalized spacial score (nSPS) is 29.4. The van der Waals surface area contributed by atoms with Crippen LogP contribution in [0.4, 0.5) is 0 Å². The maximum atomic E-state index is 2.65. The average molecular weight is 227 g/mol. The van der Waals surface area contributed by atoms with E-state index < -0.39 is 0 Å². The lowest BCUT2D eigenvalue weighted by Crippen LogP contribution is -2.32. The summed E-state index contributed by atoms with van der Waals surface area (Å²) in [5.41, 5.74) is 0.512. The molecule has 15 heavy (non-hydrogen) atoms. The van der Waals surface area contributed by atoms with Crippen molar-refractivity contribution >= 4 is 11.9 Å². The van der Waals surface area contributed by atoms with Crippen LogP contribution in [-0.2, 0) is 0 Å². The van der Waals surface area contributed by atoms with E-state index in [0.29, 0.717) is 5.41 Å². The Morgan fingerprint density at radius 2 is 1.93 bits per heavy atom. The molecule has 1 aliphatic carbocycles. The quantitative estimate of drug-likeness (QED) is 0.672. The Balaban J connectivity index is 1.75. The van der Waals surface area contributed by atoms with Gasteiger partial charge in [0.05, 0.1) is 0 Å². The number of hydrogen-bond donors (Lipinski definition) is 0. The Bertz CT molecular complexity index is 205. The van der Waals surface area contributed by atoms with Crippen LogP contribution in [0.25, 0.3) is 0 Å². The molecule has 1 aliphatic heterocycles. The summed E-state index contributed by atoms with van der Waals surface area (Å²) in [6.45, 7) is 9.81. The first kappa shape index (κ1) is 11.8. The van der Waals surface area contributed by atoms with Crippen molar-refractivity contribution in [2.45, 2.75) is 58.1 Å². The van der Waals surface area contributed by atoms with E-state index in [4.69, 9.17) is 0 Å².